The van der Waals surface area contributed by atoms with Gasteiger partial charge in [-0.2, -0.15) is 13.2 Å². The Bertz CT molecular complexity index is 1470. The number of benzene rings is 2. The highest BCUT2D eigenvalue weighted by Crippen LogP contribution is 2.52. The van der Waals surface area contributed by atoms with Crippen LogP contribution in [0.4, 0.5) is 13.2 Å². The van der Waals surface area contributed by atoms with Gasteiger partial charge in [-0.1, -0.05) is 31.5 Å². The lowest BCUT2D eigenvalue weighted by Gasteiger charge is -2.40. The molecule has 3 N–H and O–H groups in total. The van der Waals surface area contributed by atoms with Crippen molar-refractivity contribution < 1.29 is 27.5 Å². The Hall–Kier alpha value is -3.56. The predicted octanol–water partition coefficient (Wildman–Crippen LogP) is 6.23. The number of carbonyl (C=O) groups is 2. The second-order valence-electron chi connectivity index (χ2n) is 12.8. The summed E-state index contributed by atoms with van der Waals surface area (Å²) in [7, 11) is 0. The average molecular weight is 583 g/mol. The fourth-order valence-corrected chi connectivity index (χ4v) is 7.26. The first kappa shape index (κ1) is 28.6. The summed E-state index contributed by atoms with van der Waals surface area (Å²) in [5, 5.41) is 3.13. The first-order valence-electron chi connectivity index (χ1n) is 14.8. The van der Waals surface area contributed by atoms with Gasteiger partial charge in [0.25, 0.3) is 5.91 Å². The number of hydrogen-bond acceptors (Lipinski definition) is 5. The molecule has 2 aromatic carbocycles. The molecule has 4 aliphatic heterocycles. The Morgan fingerprint density at radius 3 is 2.60 bits per heavy atom. The molecule has 4 atom stereocenters. The fourth-order valence-electron chi connectivity index (χ4n) is 7.26. The van der Waals surface area contributed by atoms with Gasteiger partial charge in [0.2, 0.25) is 5.91 Å². The molecule has 4 heterocycles. The monoisotopic (exact) mass is 582 g/mol. The van der Waals surface area contributed by atoms with Gasteiger partial charge in [-0.25, -0.2) is 4.99 Å². The van der Waals surface area contributed by atoms with Crippen molar-refractivity contribution in [1.29, 1.82) is 0 Å². The summed E-state index contributed by atoms with van der Waals surface area (Å²) >= 11 is 0. The smallest absolute Gasteiger partial charge is 0.395 e. The first-order chi connectivity index (χ1) is 19.8. The molecule has 2 amide bonds. The van der Waals surface area contributed by atoms with Gasteiger partial charge in [0.05, 0.1) is 30.0 Å². The number of hydrogen-bond donors (Lipinski definition) is 2. The van der Waals surface area contributed by atoms with E-state index in [4.69, 9.17) is 15.5 Å². The average Bonchev–Trinajstić information content (AvgIpc) is 3.29. The number of rotatable bonds is 1. The van der Waals surface area contributed by atoms with E-state index >= 15 is 0 Å². The molecule has 224 valence electrons. The standard InChI is InChI=1S/C32H37F3N4O3/c1-4-31-12-6-5-7-18-8-11-26-22(13-18)24(16-30(2,3)42-26)37-28(41)19-9-10-20-21(14-19)25(15-23(20)32(33,34)35)39(27(40)17-31)29(36)38-31/h8-11,13-14,23-25H,4-7,12,15-17H2,1-3H3,(H2,36,38)(H,37,41)/t23-,24+,25-,31-/m1/s1. The highest BCUT2D eigenvalue weighted by atomic mass is 19.4. The molecule has 0 unspecified atom stereocenters. The Morgan fingerprint density at radius 1 is 1.10 bits per heavy atom. The van der Waals surface area contributed by atoms with E-state index in [0.29, 0.717) is 19.3 Å². The largest absolute Gasteiger partial charge is 0.487 e. The van der Waals surface area contributed by atoms with E-state index in [0.717, 1.165) is 36.1 Å². The van der Waals surface area contributed by atoms with Crippen LogP contribution in [0.5, 0.6) is 5.75 Å². The number of halogens is 3. The summed E-state index contributed by atoms with van der Waals surface area (Å²) in [4.78, 5) is 33.3. The molecule has 2 aromatic rings. The van der Waals surface area contributed by atoms with Crippen molar-refractivity contribution in [3.8, 4) is 5.75 Å². The summed E-state index contributed by atoms with van der Waals surface area (Å²) in [6.07, 6.45) is -0.537. The number of nitrogens with zero attached hydrogens (tertiary/aromatic N) is 2. The van der Waals surface area contributed by atoms with Crippen LogP contribution in [-0.2, 0) is 11.2 Å². The molecule has 0 aromatic heterocycles. The number of aliphatic imine (C=N–C) groups is 1. The molecule has 7 rings (SSSR count). The molecule has 6 bridgehead atoms. The van der Waals surface area contributed by atoms with Crippen LogP contribution < -0.4 is 15.8 Å². The van der Waals surface area contributed by atoms with Gasteiger partial charge in [-0.3, -0.25) is 14.5 Å². The second-order valence-corrected chi connectivity index (χ2v) is 12.8. The van der Waals surface area contributed by atoms with Crippen LogP contribution in [-0.4, -0.2) is 40.0 Å². The van der Waals surface area contributed by atoms with Crippen molar-refractivity contribution in [2.75, 3.05) is 0 Å². The molecule has 0 spiro atoms. The number of nitrogens with two attached hydrogens (primary N) is 1. The second kappa shape index (κ2) is 10.0. The van der Waals surface area contributed by atoms with Crippen LogP contribution in [0.3, 0.4) is 0 Å². The molecular weight excluding hydrogens is 545 g/mol. The van der Waals surface area contributed by atoms with Crippen molar-refractivity contribution in [3.05, 3.63) is 64.2 Å². The van der Waals surface area contributed by atoms with Crippen LogP contribution in [0.2, 0.25) is 0 Å². The molecule has 0 radical (unpaired) electrons. The number of alkyl halides is 3. The van der Waals surface area contributed by atoms with Crippen LogP contribution in [0.25, 0.3) is 0 Å². The van der Waals surface area contributed by atoms with E-state index < -0.39 is 35.2 Å². The molecule has 42 heavy (non-hydrogen) atoms. The highest BCUT2D eigenvalue weighted by molar-refractivity contribution is 6.00. The van der Waals surface area contributed by atoms with E-state index in [1.807, 2.05) is 32.9 Å². The van der Waals surface area contributed by atoms with Crippen molar-refractivity contribution in [2.45, 2.75) is 107 Å². The van der Waals surface area contributed by atoms with Crippen molar-refractivity contribution in [1.82, 2.24) is 10.2 Å². The quantitative estimate of drug-likeness (QED) is 0.417. The fraction of sp³-hybridized carbons (Fsp3) is 0.531. The summed E-state index contributed by atoms with van der Waals surface area (Å²) in [6, 6.07) is 9.08. The van der Waals surface area contributed by atoms with E-state index in [-0.39, 0.29) is 47.4 Å². The maximum absolute atomic E-state index is 14.2. The number of ether oxygens (including phenoxy) is 1. The maximum Gasteiger partial charge on any atom is 0.395 e. The van der Waals surface area contributed by atoms with Gasteiger partial charge in [-0.05, 0) is 80.8 Å². The van der Waals surface area contributed by atoms with Gasteiger partial charge in [0.1, 0.15) is 11.4 Å². The van der Waals surface area contributed by atoms with E-state index in [9.17, 15) is 22.8 Å². The maximum atomic E-state index is 14.2. The third kappa shape index (κ3) is 5.02. The van der Waals surface area contributed by atoms with Crippen LogP contribution in [0.1, 0.15) is 116 Å². The molecule has 7 nitrogen and oxygen atoms in total. The summed E-state index contributed by atoms with van der Waals surface area (Å²) in [5.41, 5.74) is 7.80. The molecule has 10 heteroatoms. The molecule has 5 aliphatic rings. The minimum atomic E-state index is -4.52. The molecular formula is C32H37F3N4O3. The lowest BCUT2D eigenvalue weighted by Crippen LogP contribution is -2.52. The topological polar surface area (TPSA) is 97.0 Å². The third-order valence-electron chi connectivity index (χ3n) is 9.45. The number of aryl methyl sites for hydroxylation is 1. The number of fused-ring (bicyclic) bond motifs is 5. The molecule has 0 saturated heterocycles. The predicted molar refractivity (Wildman–Crippen MR) is 152 cm³/mol. The summed E-state index contributed by atoms with van der Waals surface area (Å²) < 4.78 is 48.9. The molecule has 0 saturated carbocycles. The van der Waals surface area contributed by atoms with Crippen molar-refractivity contribution in [2.24, 2.45) is 10.7 Å². The van der Waals surface area contributed by atoms with Gasteiger partial charge < -0.3 is 15.8 Å². The highest BCUT2D eigenvalue weighted by Gasteiger charge is 2.52. The van der Waals surface area contributed by atoms with Gasteiger partial charge >= 0.3 is 6.18 Å². The van der Waals surface area contributed by atoms with Crippen LogP contribution in [0, 0.1) is 0 Å². The normalized spacial score (nSPS) is 28.9. The van der Waals surface area contributed by atoms with Gasteiger partial charge in [0, 0.05) is 17.5 Å². The van der Waals surface area contributed by atoms with Crippen molar-refractivity contribution >= 4 is 17.8 Å². The number of nitrogens with one attached hydrogen (secondary N) is 1. The Labute approximate surface area is 243 Å². The van der Waals surface area contributed by atoms with E-state index in [2.05, 4.69) is 11.4 Å². The Kier molecular flexibility index (Phi) is 6.81. The zero-order chi connectivity index (χ0) is 30.0. The minimum absolute atomic E-state index is 0.0486. The summed E-state index contributed by atoms with van der Waals surface area (Å²) in [5.74, 6) is -1.83. The third-order valence-corrected chi connectivity index (χ3v) is 9.45. The van der Waals surface area contributed by atoms with Gasteiger partial charge in [-0.15, -0.1) is 0 Å². The van der Waals surface area contributed by atoms with E-state index in [1.54, 1.807) is 0 Å². The van der Waals surface area contributed by atoms with Crippen LogP contribution >= 0.6 is 0 Å². The number of carbonyl (C=O) groups excluding carboxylic acids is 2. The first-order valence-corrected chi connectivity index (χ1v) is 14.8. The lowest BCUT2D eigenvalue weighted by atomic mass is 9.84. The van der Waals surface area contributed by atoms with Crippen LogP contribution in [0.15, 0.2) is 41.4 Å². The number of guanidine groups is 1. The molecule has 1 aliphatic carbocycles. The zero-order valence-corrected chi connectivity index (χ0v) is 24.2. The minimum Gasteiger partial charge on any atom is -0.487 e. The van der Waals surface area contributed by atoms with E-state index in [1.165, 1.54) is 23.1 Å². The van der Waals surface area contributed by atoms with Gasteiger partial charge in [0.15, 0.2) is 5.96 Å². The number of amides is 2. The Balaban J connectivity index is 1.46. The SMILES string of the molecule is CC[C@@]12CCCCc3ccc4c(c3)[C@H](CC(C)(C)O4)NC(=O)c3ccc4c(c3)[C@@H](C[C@H]4C(F)(F)F)N(C(=O)C1)C(N)=N2. The summed E-state index contributed by atoms with van der Waals surface area (Å²) in [6.45, 7) is 5.90. The Morgan fingerprint density at radius 2 is 1.88 bits per heavy atom. The zero-order valence-electron chi connectivity index (χ0n) is 24.2. The molecule has 0 fully saturated rings. The lowest BCUT2D eigenvalue weighted by molar-refractivity contribution is -0.153. The van der Waals surface area contributed by atoms with Crippen molar-refractivity contribution in [3.63, 3.8) is 0 Å².